The molecular weight excluding hydrogens is 296 g/mol. The fourth-order valence-corrected chi connectivity index (χ4v) is 2.71. The minimum atomic E-state index is 0.529. The van der Waals surface area contributed by atoms with E-state index in [2.05, 4.69) is 41.0 Å². The molecule has 2 aromatic carbocycles. The molecule has 0 bridgehead atoms. The lowest BCUT2D eigenvalue weighted by molar-refractivity contribution is 0.141. The quantitative estimate of drug-likeness (QED) is 0.489. The standard InChI is InChI=1S/C18H19ClN2O/c19-10-12-22-13-11-21-17-9-5-4-8-16(17)20-18(21)14-15-6-2-1-3-7-15/h1-9H,10-14H2. The number of halogens is 1. The van der Waals surface area contributed by atoms with E-state index in [1.807, 2.05) is 18.2 Å². The van der Waals surface area contributed by atoms with Crippen LogP contribution in [-0.4, -0.2) is 28.6 Å². The first kappa shape index (κ1) is 15.1. The number of alkyl halides is 1. The highest BCUT2D eigenvalue weighted by Crippen LogP contribution is 2.18. The minimum absolute atomic E-state index is 0.529. The molecule has 0 aliphatic carbocycles. The van der Waals surface area contributed by atoms with Gasteiger partial charge in [-0.2, -0.15) is 0 Å². The molecule has 3 nitrogen and oxygen atoms in total. The molecule has 0 saturated heterocycles. The van der Waals surface area contributed by atoms with Gasteiger partial charge in [0.2, 0.25) is 0 Å². The van der Waals surface area contributed by atoms with Crippen molar-refractivity contribution in [3.8, 4) is 0 Å². The van der Waals surface area contributed by atoms with Gasteiger partial charge in [0.25, 0.3) is 0 Å². The molecule has 0 aliphatic heterocycles. The summed E-state index contributed by atoms with van der Waals surface area (Å²) in [6, 6.07) is 18.7. The van der Waals surface area contributed by atoms with E-state index in [1.54, 1.807) is 0 Å². The van der Waals surface area contributed by atoms with Gasteiger partial charge in [0.05, 0.1) is 24.2 Å². The summed E-state index contributed by atoms with van der Waals surface area (Å²) >= 11 is 5.65. The second-order valence-electron chi connectivity index (χ2n) is 5.13. The van der Waals surface area contributed by atoms with Gasteiger partial charge in [-0.3, -0.25) is 0 Å². The average molecular weight is 315 g/mol. The van der Waals surface area contributed by atoms with E-state index in [4.69, 9.17) is 21.3 Å². The van der Waals surface area contributed by atoms with E-state index in [9.17, 15) is 0 Å². The van der Waals surface area contributed by atoms with Crippen LogP contribution in [0.4, 0.5) is 0 Å². The van der Waals surface area contributed by atoms with E-state index in [0.717, 1.165) is 29.8 Å². The largest absolute Gasteiger partial charge is 0.378 e. The Bertz CT molecular complexity index is 724. The summed E-state index contributed by atoms with van der Waals surface area (Å²) in [6.45, 7) is 2.02. The number of hydrogen-bond donors (Lipinski definition) is 0. The Kier molecular flexibility index (Phi) is 5.09. The van der Waals surface area contributed by atoms with Gasteiger partial charge < -0.3 is 9.30 Å². The van der Waals surface area contributed by atoms with Gasteiger partial charge in [-0.15, -0.1) is 11.6 Å². The van der Waals surface area contributed by atoms with Crippen molar-refractivity contribution in [2.24, 2.45) is 0 Å². The predicted molar refractivity (Wildman–Crippen MR) is 90.5 cm³/mol. The Hall–Kier alpha value is -1.84. The van der Waals surface area contributed by atoms with Crippen molar-refractivity contribution in [3.05, 3.63) is 66.0 Å². The summed E-state index contributed by atoms with van der Waals surface area (Å²) in [5, 5.41) is 0. The van der Waals surface area contributed by atoms with Crippen LogP contribution in [0, 0.1) is 0 Å². The first-order valence-electron chi connectivity index (χ1n) is 7.50. The smallest absolute Gasteiger partial charge is 0.114 e. The maximum absolute atomic E-state index is 5.65. The van der Waals surface area contributed by atoms with E-state index < -0.39 is 0 Å². The molecule has 0 N–H and O–H groups in total. The number of benzene rings is 2. The molecule has 0 radical (unpaired) electrons. The Morgan fingerprint density at radius 2 is 1.73 bits per heavy atom. The average Bonchev–Trinajstić information content (AvgIpc) is 2.90. The van der Waals surface area contributed by atoms with Crippen molar-refractivity contribution in [2.75, 3.05) is 19.1 Å². The number of fused-ring (bicyclic) bond motifs is 1. The number of rotatable bonds is 7. The van der Waals surface area contributed by atoms with Crippen LogP contribution in [0.15, 0.2) is 54.6 Å². The molecule has 1 aromatic heterocycles. The molecule has 0 spiro atoms. The first-order valence-corrected chi connectivity index (χ1v) is 8.03. The lowest BCUT2D eigenvalue weighted by atomic mass is 10.1. The lowest BCUT2D eigenvalue weighted by Gasteiger charge is -2.09. The predicted octanol–water partition coefficient (Wildman–Crippen LogP) is 3.88. The molecule has 0 fully saturated rings. The van der Waals surface area contributed by atoms with Crippen molar-refractivity contribution in [1.82, 2.24) is 9.55 Å². The van der Waals surface area contributed by atoms with Gasteiger partial charge in [0, 0.05) is 18.8 Å². The SMILES string of the molecule is ClCCOCCn1c(Cc2ccccc2)nc2ccccc21. The van der Waals surface area contributed by atoms with E-state index in [1.165, 1.54) is 5.56 Å². The third kappa shape index (κ3) is 3.49. The molecule has 0 unspecified atom stereocenters. The number of aromatic nitrogens is 2. The topological polar surface area (TPSA) is 27.1 Å². The Morgan fingerprint density at radius 1 is 0.955 bits per heavy atom. The summed E-state index contributed by atoms with van der Waals surface area (Å²) in [4.78, 5) is 4.79. The zero-order valence-electron chi connectivity index (χ0n) is 12.4. The van der Waals surface area contributed by atoms with E-state index in [0.29, 0.717) is 19.1 Å². The van der Waals surface area contributed by atoms with Crippen LogP contribution < -0.4 is 0 Å². The lowest BCUT2D eigenvalue weighted by Crippen LogP contribution is -2.10. The molecule has 3 aromatic rings. The zero-order chi connectivity index (χ0) is 15.2. The van der Waals surface area contributed by atoms with Crippen LogP contribution in [0.2, 0.25) is 0 Å². The Labute approximate surface area is 135 Å². The van der Waals surface area contributed by atoms with Gasteiger partial charge in [-0.1, -0.05) is 42.5 Å². The number of nitrogens with zero attached hydrogens (tertiary/aromatic N) is 2. The third-order valence-electron chi connectivity index (χ3n) is 3.62. The molecule has 114 valence electrons. The van der Waals surface area contributed by atoms with Gasteiger partial charge in [-0.25, -0.2) is 4.98 Å². The summed E-state index contributed by atoms with van der Waals surface area (Å²) in [7, 11) is 0. The monoisotopic (exact) mass is 314 g/mol. The summed E-state index contributed by atoms with van der Waals surface area (Å²) in [6.07, 6.45) is 0.824. The molecule has 0 atom stereocenters. The van der Waals surface area contributed by atoms with Crippen molar-refractivity contribution < 1.29 is 4.74 Å². The van der Waals surface area contributed by atoms with Crippen molar-refractivity contribution in [2.45, 2.75) is 13.0 Å². The molecule has 0 saturated carbocycles. The summed E-state index contributed by atoms with van der Waals surface area (Å²) < 4.78 is 7.78. The third-order valence-corrected chi connectivity index (χ3v) is 3.77. The second-order valence-corrected chi connectivity index (χ2v) is 5.51. The number of ether oxygens (including phenoxy) is 1. The molecule has 22 heavy (non-hydrogen) atoms. The summed E-state index contributed by atoms with van der Waals surface area (Å²) in [5.74, 6) is 1.60. The van der Waals surface area contributed by atoms with Crippen LogP contribution >= 0.6 is 11.6 Å². The van der Waals surface area contributed by atoms with Crippen LogP contribution in [-0.2, 0) is 17.7 Å². The molecule has 4 heteroatoms. The van der Waals surface area contributed by atoms with Crippen molar-refractivity contribution in [1.29, 1.82) is 0 Å². The molecule has 1 heterocycles. The van der Waals surface area contributed by atoms with Gasteiger partial charge in [-0.05, 0) is 17.7 Å². The summed E-state index contributed by atoms with van der Waals surface area (Å²) in [5.41, 5.74) is 3.45. The van der Waals surface area contributed by atoms with Crippen molar-refractivity contribution >= 4 is 22.6 Å². The van der Waals surface area contributed by atoms with Crippen LogP contribution in [0.5, 0.6) is 0 Å². The Morgan fingerprint density at radius 3 is 2.55 bits per heavy atom. The number of para-hydroxylation sites is 2. The van der Waals surface area contributed by atoms with Crippen LogP contribution in [0.25, 0.3) is 11.0 Å². The van der Waals surface area contributed by atoms with Gasteiger partial charge in [0.1, 0.15) is 5.82 Å². The molecule has 0 aliphatic rings. The van der Waals surface area contributed by atoms with Gasteiger partial charge in [0.15, 0.2) is 0 Å². The minimum Gasteiger partial charge on any atom is -0.378 e. The fourth-order valence-electron chi connectivity index (χ4n) is 2.60. The number of hydrogen-bond acceptors (Lipinski definition) is 2. The first-order chi connectivity index (χ1) is 10.9. The highest BCUT2D eigenvalue weighted by atomic mass is 35.5. The molecule has 0 amide bonds. The maximum atomic E-state index is 5.65. The van der Waals surface area contributed by atoms with E-state index >= 15 is 0 Å². The fraction of sp³-hybridized carbons (Fsp3) is 0.278. The molecule has 3 rings (SSSR count). The highest BCUT2D eigenvalue weighted by Gasteiger charge is 2.10. The highest BCUT2D eigenvalue weighted by molar-refractivity contribution is 6.17. The number of imidazole rings is 1. The van der Waals surface area contributed by atoms with Crippen LogP contribution in [0.3, 0.4) is 0 Å². The second kappa shape index (κ2) is 7.43. The molecular formula is C18H19ClN2O. The van der Waals surface area contributed by atoms with Crippen molar-refractivity contribution in [3.63, 3.8) is 0 Å². The van der Waals surface area contributed by atoms with E-state index in [-0.39, 0.29) is 0 Å². The van der Waals surface area contributed by atoms with Crippen LogP contribution in [0.1, 0.15) is 11.4 Å². The van der Waals surface area contributed by atoms with Gasteiger partial charge >= 0.3 is 0 Å². The zero-order valence-corrected chi connectivity index (χ0v) is 13.2. The normalized spacial score (nSPS) is 11.1. The Balaban J connectivity index is 1.87. The maximum Gasteiger partial charge on any atom is 0.114 e.